The molecule has 0 bridgehead atoms. The molecule has 0 aliphatic heterocycles. The number of nitrogens with zero attached hydrogens (tertiary/aromatic N) is 1. The van der Waals surface area contributed by atoms with Gasteiger partial charge in [-0.25, -0.2) is 0 Å². The summed E-state index contributed by atoms with van der Waals surface area (Å²) < 4.78 is 1.19. The third kappa shape index (κ3) is 5.10. The number of hydrogen-bond donors (Lipinski definition) is 1. The van der Waals surface area contributed by atoms with Gasteiger partial charge < -0.3 is 10.2 Å². The number of benzene rings is 1. The largest absolute Gasteiger partial charge is 0.368 e. The van der Waals surface area contributed by atoms with E-state index in [1.54, 1.807) is 0 Å². The van der Waals surface area contributed by atoms with Gasteiger partial charge in [0.25, 0.3) is 0 Å². The Balaban J connectivity index is 2.87. The van der Waals surface area contributed by atoms with Gasteiger partial charge >= 0.3 is 0 Å². The third-order valence-corrected chi connectivity index (χ3v) is 4.24. The van der Waals surface area contributed by atoms with Crippen molar-refractivity contribution in [2.24, 2.45) is 0 Å². The second-order valence-electron chi connectivity index (χ2n) is 6.43. The van der Waals surface area contributed by atoms with Crippen molar-refractivity contribution in [3.8, 4) is 0 Å². The van der Waals surface area contributed by atoms with Crippen LogP contribution in [0.2, 0.25) is 0 Å². The maximum Gasteiger partial charge on any atom is 0.0513 e. The van der Waals surface area contributed by atoms with Crippen molar-refractivity contribution >= 4 is 21.6 Å². The molecule has 20 heavy (non-hydrogen) atoms. The molecule has 0 aliphatic carbocycles. The van der Waals surface area contributed by atoms with E-state index < -0.39 is 0 Å². The van der Waals surface area contributed by atoms with Gasteiger partial charge in [-0.1, -0.05) is 13.0 Å². The summed E-state index contributed by atoms with van der Waals surface area (Å²) in [6, 6.07) is 7.26. The molecule has 0 fully saturated rings. The van der Waals surface area contributed by atoms with Crippen molar-refractivity contribution in [3.05, 3.63) is 28.2 Å². The highest BCUT2D eigenvalue weighted by molar-refractivity contribution is 9.10. The standard InChI is InChI=1S/C17H29BrN2/c1-7-13(3)20(8-2)16-10-9-14(11-15(16)18)12-19-17(4,5)6/h9-11,13,19H,7-8,12H2,1-6H3. The summed E-state index contributed by atoms with van der Waals surface area (Å²) >= 11 is 3.74. The molecule has 0 radical (unpaired) electrons. The Morgan fingerprint density at radius 2 is 1.90 bits per heavy atom. The highest BCUT2D eigenvalue weighted by atomic mass is 79.9. The minimum atomic E-state index is 0.150. The lowest BCUT2D eigenvalue weighted by Crippen LogP contribution is -2.35. The minimum Gasteiger partial charge on any atom is -0.368 e. The monoisotopic (exact) mass is 340 g/mol. The average Bonchev–Trinajstić information content (AvgIpc) is 2.38. The van der Waals surface area contributed by atoms with Crippen molar-refractivity contribution in [3.63, 3.8) is 0 Å². The van der Waals surface area contributed by atoms with Gasteiger partial charge in [0, 0.05) is 29.1 Å². The molecule has 0 spiro atoms. The van der Waals surface area contributed by atoms with E-state index in [1.807, 2.05) is 0 Å². The first kappa shape index (κ1) is 17.5. The quantitative estimate of drug-likeness (QED) is 0.786. The first-order valence-electron chi connectivity index (χ1n) is 7.58. The SMILES string of the molecule is CCC(C)N(CC)c1ccc(CNC(C)(C)C)cc1Br. The van der Waals surface area contributed by atoms with E-state index in [9.17, 15) is 0 Å². The summed E-state index contributed by atoms with van der Waals surface area (Å²) in [7, 11) is 0. The highest BCUT2D eigenvalue weighted by Gasteiger charge is 2.15. The van der Waals surface area contributed by atoms with Crippen LogP contribution >= 0.6 is 15.9 Å². The molecule has 3 heteroatoms. The van der Waals surface area contributed by atoms with Gasteiger partial charge in [0.15, 0.2) is 0 Å². The third-order valence-electron chi connectivity index (χ3n) is 3.61. The molecule has 0 aromatic heterocycles. The summed E-state index contributed by atoms with van der Waals surface area (Å²) in [6.07, 6.45) is 1.16. The zero-order valence-electron chi connectivity index (χ0n) is 13.8. The van der Waals surface area contributed by atoms with E-state index >= 15 is 0 Å². The molecule has 1 aromatic rings. The normalized spacial score (nSPS) is 13.3. The van der Waals surface area contributed by atoms with Crippen molar-refractivity contribution in [1.82, 2.24) is 5.32 Å². The molecule has 1 atom stereocenters. The summed E-state index contributed by atoms with van der Waals surface area (Å²) in [4.78, 5) is 2.45. The smallest absolute Gasteiger partial charge is 0.0513 e. The Hall–Kier alpha value is -0.540. The van der Waals surface area contributed by atoms with E-state index in [2.05, 4.69) is 85.9 Å². The van der Waals surface area contributed by atoms with E-state index in [-0.39, 0.29) is 5.54 Å². The van der Waals surface area contributed by atoms with Crippen LogP contribution < -0.4 is 10.2 Å². The van der Waals surface area contributed by atoms with Gasteiger partial charge in [-0.15, -0.1) is 0 Å². The fraction of sp³-hybridized carbons (Fsp3) is 0.647. The molecule has 1 rings (SSSR count). The maximum atomic E-state index is 3.74. The Bertz CT molecular complexity index is 423. The molecule has 0 amide bonds. The van der Waals surface area contributed by atoms with Crippen LogP contribution in [0.5, 0.6) is 0 Å². The first-order chi connectivity index (χ1) is 9.28. The van der Waals surface area contributed by atoms with Gasteiger partial charge in [-0.2, -0.15) is 0 Å². The van der Waals surface area contributed by atoms with Crippen LogP contribution in [0, 0.1) is 0 Å². The zero-order chi connectivity index (χ0) is 15.3. The van der Waals surface area contributed by atoms with Crippen LogP contribution in [0.15, 0.2) is 22.7 Å². The van der Waals surface area contributed by atoms with E-state index in [1.165, 1.54) is 15.7 Å². The zero-order valence-corrected chi connectivity index (χ0v) is 15.3. The molecular formula is C17H29BrN2. The number of anilines is 1. The van der Waals surface area contributed by atoms with Crippen LogP contribution in [-0.4, -0.2) is 18.1 Å². The molecule has 1 aromatic carbocycles. The summed E-state index contributed by atoms with van der Waals surface area (Å²) in [5.74, 6) is 0. The van der Waals surface area contributed by atoms with E-state index in [4.69, 9.17) is 0 Å². The Labute approximate surface area is 133 Å². The molecule has 114 valence electrons. The molecule has 0 saturated carbocycles. The molecule has 0 heterocycles. The van der Waals surface area contributed by atoms with Crippen molar-refractivity contribution in [2.75, 3.05) is 11.4 Å². The second-order valence-corrected chi connectivity index (χ2v) is 7.29. The minimum absolute atomic E-state index is 0.150. The Kier molecular flexibility index (Phi) is 6.53. The lowest BCUT2D eigenvalue weighted by molar-refractivity contribution is 0.424. The molecule has 1 N–H and O–H groups in total. The summed E-state index contributed by atoms with van der Waals surface area (Å²) in [5.41, 5.74) is 2.76. The molecular weight excluding hydrogens is 312 g/mol. The predicted molar refractivity (Wildman–Crippen MR) is 93.5 cm³/mol. The van der Waals surface area contributed by atoms with E-state index in [0.717, 1.165) is 19.5 Å². The van der Waals surface area contributed by atoms with Crippen molar-refractivity contribution in [2.45, 2.75) is 66.1 Å². The maximum absolute atomic E-state index is 3.74. The molecule has 1 unspecified atom stereocenters. The topological polar surface area (TPSA) is 15.3 Å². The highest BCUT2D eigenvalue weighted by Crippen LogP contribution is 2.29. The first-order valence-corrected chi connectivity index (χ1v) is 8.37. The Morgan fingerprint density at radius 3 is 2.35 bits per heavy atom. The van der Waals surface area contributed by atoms with Crippen LogP contribution in [0.3, 0.4) is 0 Å². The number of halogens is 1. The van der Waals surface area contributed by atoms with Crippen LogP contribution in [-0.2, 0) is 6.54 Å². The number of rotatable bonds is 6. The predicted octanol–water partition coefficient (Wildman–Crippen LogP) is 4.96. The van der Waals surface area contributed by atoms with Crippen molar-refractivity contribution < 1.29 is 0 Å². The van der Waals surface area contributed by atoms with Gasteiger partial charge in [0.05, 0.1) is 5.69 Å². The van der Waals surface area contributed by atoms with Gasteiger partial charge in [-0.05, 0) is 74.7 Å². The van der Waals surface area contributed by atoms with E-state index in [0.29, 0.717) is 6.04 Å². The average molecular weight is 341 g/mol. The number of nitrogens with one attached hydrogen (secondary N) is 1. The molecule has 0 aliphatic rings. The fourth-order valence-corrected chi connectivity index (χ4v) is 2.85. The van der Waals surface area contributed by atoms with Crippen LogP contribution in [0.1, 0.15) is 53.5 Å². The van der Waals surface area contributed by atoms with Crippen LogP contribution in [0.4, 0.5) is 5.69 Å². The lowest BCUT2D eigenvalue weighted by atomic mass is 10.1. The second kappa shape index (κ2) is 7.46. The van der Waals surface area contributed by atoms with Crippen molar-refractivity contribution in [1.29, 1.82) is 0 Å². The van der Waals surface area contributed by atoms with Gasteiger partial charge in [-0.3, -0.25) is 0 Å². The van der Waals surface area contributed by atoms with Gasteiger partial charge in [0.2, 0.25) is 0 Å². The number of hydrogen-bond acceptors (Lipinski definition) is 2. The molecule has 2 nitrogen and oxygen atoms in total. The lowest BCUT2D eigenvalue weighted by Gasteiger charge is -2.30. The van der Waals surface area contributed by atoms with Crippen LogP contribution in [0.25, 0.3) is 0 Å². The Morgan fingerprint density at radius 1 is 1.25 bits per heavy atom. The summed E-state index contributed by atoms with van der Waals surface area (Å²) in [6.45, 7) is 15.3. The summed E-state index contributed by atoms with van der Waals surface area (Å²) in [5, 5.41) is 3.53. The van der Waals surface area contributed by atoms with Gasteiger partial charge in [0.1, 0.15) is 0 Å². The fourth-order valence-electron chi connectivity index (χ4n) is 2.20. The molecule has 0 saturated heterocycles.